The number of carbonyl (C=O) groups is 1. The second kappa shape index (κ2) is 9.18. The maximum atomic E-state index is 12.5. The van der Waals surface area contributed by atoms with Gasteiger partial charge in [0.2, 0.25) is 5.91 Å². The Balaban J connectivity index is 1.35. The largest absolute Gasteiger partial charge is 0.353 e. The molecule has 0 spiro atoms. The first kappa shape index (κ1) is 19.6. The quantitative estimate of drug-likeness (QED) is 0.670. The highest BCUT2D eigenvalue weighted by Gasteiger charge is 2.17. The molecule has 152 valence electrons. The van der Waals surface area contributed by atoms with Gasteiger partial charge < -0.3 is 14.8 Å². The van der Waals surface area contributed by atoms with Gasteiger partial charge in [-0.25, -0.2) is 9.97 Å². The van der Waals surface area contributed by atoms with Gasteiger partial charge >= 0.3 is 0 Å². The highest BCUT2D eigenvalue weighted by molar-refractivity contribution is 5.87. The smallest absolute Gasteiger partial charge is 0.239 e. The van der Waals surface area contributed by atoms with E-state index in [-0.39, 0.29) is 5.91 Å². The molecule has 1 aromatic carbocycles. The molecular formula is C23H29N5O. The van der Waals surface area contributed by atoms with Crippen molar-refractivity contribution in [3.8, 4) is 11.1 Å². The number of nitrogens with one attached hydrogen (secondary N) is 1. The van der Waals surface area contributed by atoms with Crippen LogP contribution in [0.1, 0.15) is 32.1 Å². The van der Waals surface area contributed by atoms with Crippen molar-refractivity contribution in [2.75, 3.05) is 20.1 Å². The van der Waals surface area contributed by atoms with E-state index in [2.05, 4.69) is 45.4 Å². The van der Waals surface area contributed by atoms with Crippen LogP contribution >= 0.6 is 0 Å². The number of hydrogen-bond donors (Lipinski definition) is 1. The molecule has 3 aromatic rings. The van der Waals surface area contributed by atoms with Gasteiger partial charge in [-0.05, 0) is 43.0 Å². The van der Waals surface area contributed by atoms with Gasteiger partial charge in [0.15, 0.2) is 0 Å². The van der Waals surface area contributed by atoms with Crippen LogP contribution in [0.2, 0.25) is 0 Å². The lowest BCUT2D eigenvalue weighted by atomic mass is 9.94. The predicted molar refractivity (Wildman–Crippen MR) is 115 cm³/mol. The molecule has 1 aliphatic rings. The van der Waals surface area contributed by atoms with Crippen LogP contribution in [0.4, 0.5) is 0 Å². The van der Waals surface area contributed by atoms with Crippen molar-refractivity contribution in [3.63, 3.8) is 0 Å². The fourth-order valence-electron chi connectivity index (χ4n) is 4.24. The van der Waals surface area contributed by atoms with Crippen LogP contribution in [-0.4, -0.2) is 51.5 Å². The standard InChI is InChI=1S/C23H29N5O/c1-27(21-5-3-2-4-6-21)12-10-26-23(29)16-28-11-9-18-7-8-19(13-22(18)28)20-14-24-17-25-15-20/h7-9,11,13-15,17,21H,2-6,10,12,16H2,1H3,(H,26,29). The number of rotatable bonds is 7. The van der Waals surface area contributed by atoms with Crippen LogP contribution in [0.25, 0.3) is 22.0 Å². The van der Waals surface area contributed by atoms with Crippen molar-refractivity contribution < 1.29 is 4.79 Å². The van der Waals surface area contributed by atoms with Crippen molar-refractivity contribution in [1.29, 1.82) is 0 Å². The average molecular weight is 392 g/mol. The molecule has 0 atom stereocenters. The van der Waals surface area contributed by atoms with Gasteiger partial charge in [0.05, 0.1) is 0 Å². The van der Waals surface area contributed by atoms with Crippen molar-refractivity contribution in [3.05, 3.63) is 49.2 Å². The Morgan fingerprint density at radius 2 is 1.93 bits per heavy atom. The van der Waals surface area contributed by atoms with Crippen molar-refractivity contribution in [2.45, 2.75) is 44.7 Å². The normalized spacial score (nSPS) is 15.1. The molecule has 4 rings (SSSR count). The van der Waals surface area contributed by atoms with Gasteiger partial charge in [-0.2, -0.15) is 0 Å². The number of hydrogen-bond acceptors (Lipinski definition) is 4. The van der Waals surface area contributed by atoms with E-state index in [0.29, 0.717) is 19.1 Å². The SMILES string of the molecule is CN(CCNC(=O)Cn1ccc2ccc(-c3cncnc3)cc21)C1CCCCC1. The molecule has 1 aliphatic carbocycles. The molecular weight excluding hydrogens is 362 g/mol. The third kappa shape index (κ3) is 4.82. The number of fused-ring (bicyclic) bond motifs is 1. The van der Waals surface area contributed by atoms with E-state index in [9.17, 15) is 4.79 Å². The third-order valence-electron chi connectivity index (χ3n) is 5.97. The van der Waals surface area contributed by atoms with Crippen LogP contribution in [0, 0.1) is 0 Å². The van der Waals surface area contributed by atoms with Gasteiger partial charge in [0, 0.05) is 48.8 Å². The first-order valence-electron chi connectivity index (χ1n) is 10.5. The minimum atomic E-state index is 0.0491. The maximum absolute atomic E-state index is 12.5. The van der Waals surface area contributed by atoms with E-state index in [1.165, 1.54) is 38.4 Å². The summed E-state index contributed by atoms with van der Waals surface area (Å²) >= 11 is 0. The second-order valence-electron chi connectivity index (χ2n) is 7.97. The molecule has 0 saturated heterocycles. The fraction of sp³-hybridized carbons (Fsp3) is 0.435. The van der Waals surface area contributed by atoms with Gasteiger partial charge in [-0.15, -0.1) is 0 Å². The summed E-state index contributed by atoms with van der Waals surface area (Å²) in [6.07, 6.45) is 13.7. The summed E-state index contributed by atoms with van der Waals surface area (Å²) in [6.45, 7) is 1.92. The van der Waals surface area contributed by atoms with E-state index >= 15 is 0 Å². The summed E-state index contributed by atoms with van der Waals surface area (Å²) < 4.78 is 2.00. The number of carbonyl (C=O) groups excluding carboxylic acids is 1. The summed E-state index contributed by atoms with van der Waals surface area (Å²) in [7, 11) is 2.18. The van der Waals surface area contributed by atoms with Gasteiger partial charge in [-0.3, -0.25) is 4.79 Å². The minimum Gasteiger partial charge on any atom is -0.353 e. The number of likely N-dealkylation sites (N-methyl/N-ethyl adjacent to an activating group) is 1. The van der Waals surface area contributed by atoms with Crippen molar-refractivity contribution in [1.82, 2.24) is 24.8 Å². The van der Waals surface area contributed by atoms with Gasteiger partial charge in [-0.1, -0.05) is 31.4 Å². The van der Waals surface area contributed by atoms with E-state index in [4.69, 9.17) is 0 Å². The molecule has 1 N–H and O–H groups in total. The predicted octanol–water partition coefficient (Wildman–Crippen LogP) is 3.48. The molecule has 29 heavy (non-hydrogen) atoms. The van der Waals surface area contributed by atoms with E-state index < -0.39 is 0 Å². The van der Waals surface area contributed by atoms with Crippen LogP contribution in [0.3, 0.4) is 0 Å². The van der Waals surface area contributed by atoms with Gasteiger partial charge in [0.1, 0.15) is 12.9 Å². The molecule has 6 nitrogen and oxygen atoms in total. The summed E-state index contributed by atoms with van der Waals surface area (Å²) in [4.78, 5) is 23.1. The number of aromatic nitrogens is 3. The van der Waals surface area contributed by atoms with Crippen LogP contribution < -0.4 is 5.32 Å². The fourth-order valence-corrected chi connectivity index (χ4v) is 4.24. The highest BCUT2D eigenvalue weighted by atomic mass is 16.1. The zero-order valence-corrected chi connectivity index (χ0v) is 17.1. The molecule has 0 radical (unpaired) electrons. The zero-order valence-electron chi connectivity index (χ0n) is 17.1. The van der Waals surface area contributed by atoms with E-state index in [0.717, 1.165) is 28.6 Å². The molecule has 2 heterocycles. The molecule has 1 saturated carbocycles. The summed E-state index contributed by atoms with van der Waals surface area (Å²) in [6, 6.07) is 8.95. The number of benzene rings is 1. The Morgan fingerprint density at radius 3 is 2.72 bits per heavy atom. The number of amides is 1. The lowest BCUT2D eigenvalue weighted by Gasteiger charge is -2.31. The zero-order chi connectivity index (χ0) is 20.1. The Morgan fingerprint density at radius 1 is 1.14 bits per heavy atom. The Labute approximate surface area is 172 Å². The molecule has 1 amide bonds. The Kier molecular flexibility index (Phi) is 6.20. The van der Waals surface area contributed by atoms with Crippen LogP contribution in [-0.2, 0) is 11.3 Å². The lowest BCUT2D eigenvalue weighted by Crippen LogP contribution is -2.40. The average Bonchev–Trinajstić information content (AvgIpc) is 3.17. The molecule has 2 aromatic heterocycles. The van der Waals surface area contributed by atoms with Crippen molar-refractivity contribution >= 4 is 16.8 Å². The first-order valence-corrected chi connectivity index (χ1v) is 10.5. The van der Waals surface area contributed by atoms with E-state index in [1.807, 2.05) is 16.8 Å². The molecule has 6 heteroatoms. The first-order chi connectivity index (χ1) is 14.2. The van der Waals surface area contributed by atoms with Crippen molar-refractivity contribution in [2.24, 2.45) is 0 Å². The summed E-state index contributed by atoms with van der Waals surface area (Å²) in [5.74, 6) is 0.0491. The molecule has 0 aliphatic heterocycles. The second-order valence-corrected chi connectivity index (χ2v) is 7.97. The van der Waals surface area contributed by atoms with Crippen LogP contribution in [0.15, 0.2) is 49.2 Å². The maximum Gasteiger partial charge on any atom is 0.239 e. The highest BCUT2D eigenvalue weighted by Crippen LogP contribution is 2.24. The topological polar surface area (TPSA) is 63.1 Å². The minimum absolute atomic E-state index is 0.0491. The Bertz CT molecular complexity index is 946. The molecule has 1 fully saturated rings. The lowest BCUT2D eigenvalue weighted by molar-refractivity contribution is -0.121. The molecule has 0 unspecified atom stereocenters. The molecule has 0 bridgehead atoms. The third-order valence-corrected chi connectivity index (χ3v) is 5.97. The Hall–Kier alpha value is -2.73. The van der Waals surface area contributed by atoms with Crippen LogP contribution in [0.5, 0.6) is 0 Å². The number of nitrogens with zero attached hydrogens (tertiary/aromatic N) is 4. The monoisotopic (exact) mass is 391 g/mol. The van der Waals surface area contributed by atoms with E-state index in [1.54, 1.807) is 12.4 Å². The summed E-state index contributed by atoms with van der Waals surface area (Å²) in [5.41, 5.74) is 3.06. The van der Waals surface area contributed by atoms with Gasteiger partial charge in [0.25, 0.3) is 0 Å². The summed E-state index contributed by atoms with van der Waals surface area (Å²) in [5, 5.41) is 4.20.